The monoisotopic (exact) mass is 381 g/mol. The summed E-state index contributed by atoms with van der Waals surface area (Å²) in [6, 6.07) is 17.5. The van der Waals surface area contributed by atoms with E-state index in [-0.39, 0.29) is 5.41 Å². The van der Waals surface area contributed by atoms with E-state index in [1.807, 2.05) is 12.1 Å². The smallest absolute Gasteiger partial charge is 0.118 e. The molecule has 2 aromatic carbocycles. The van der Waals surface area contributed by atoms with Crippen molar-refractivity contribution in [3.05, 3.63) is 65.2 Å². The van der Waals surface area contributed by atoms with Crippen LogP contribution in [-0.4, -0.2) is 26.4 Å². The highest BCUT2D eigenvalue weighted by Gasteiger charge is 2.39. The summed E-state index contributed by atoms with van der Waals surface area (Å²) in [5, 5.41) is 3.65. The molecule has 1 saturated heterocycles. The maximum Gasteiger partial charge on any atom is 0.118 e. The van der Waals surface area contributed by atoms with Gasteiger partial charge in [-0.25, -0.2) is 0 Å². The molecule has 3 heteroatoms. The molecule has 0 radical (unpaired) electrons. The van der Waals surface area contributed by atoms with Gasteiger partial charge >= 0.3 is 0 Å². The first-order valence-electron chi connectivity index (χ1n) is 10.5. The number of rotatable bonds is 8. The first-order valence-corrected chi connectivity index (χ1v) is 10.5. The summed E-state index contributed by atoms with van der Waals surface area (Å²) < 4.78 is 11.3. The van der Waals surface area contributed by atoms with Gasteiger partial charge in [0.25, 0.3) is 0 Å². The van der Waals surface area contributed by atoms with Gasteiger partial charge in [0.1, 0.15) is 5.75 Å². The third-order valence-corrected chi connectivity index (χ3v) is 6.18. The van der Waals surface area contributed by atoms with Gasteiger partial charge in [0.05, 0.1) is 13.2 Å². The lowest BCUT2D eigenvalue weighted by atomic mass is 9.68. The Morgan fingerprint density at radius 3 is 2.46 bits per heavy atom. The van der Waals surface area contributed by atoms with E-state index in [1.165, 1.54) is 16.7 Å². The molecule has 1 fully saturated rings. The molecule has 1 aliphatic rings. The second-order valence-electron chi connectivity index (χ2n) is 8.53. The van der Waals surface area contributed by atoms with Crippen LogP contribution in [0.25, 0.3) is 0 Å². The number of benzene rings is 2. The lowest BCUT2D eigenvalue weighted by Crippen LogP contribution is -2.42. The van der Waals surface area contributed by atoms with E-state index in [2.05, 4.69) is 62.5 Å². The third-order valence-electron chi connectivity index (χ3n) is 6.18. The van der Waals surface area contributed by atoms with Gasteiger partial charge in [-0.2, -0.15) is 0 Å². The van der Waals surface area contributed by atoms with Crippen molar-refractivity contribution >= 4 is 0 Å². The van der Waals surface area contributed by atoms with Crippen LogP contribution in [0.1, 0.15) is 49.8 Å². The molecule has 0 bridgehead atoms. The Bertz CT molecular complexity index is 723. The highest BCUT2D eigenvalue weighted by molar-refractivity contribution is 5.30. The number of nitrogens with one attached hydrogen (secondary N) is 1. The molecule has 2 atom stereocenters. The fourth-order valence-corrected chi connectivity index (χ4v) is 4.22. The van der Waals surface area contributed by atoms with Crippen LogP contribution >= 0.6 is 0 Å². The molecule has 3 nitrogen and oxygen atoms in total. The summed E-state index contributed by atoms with van der Waals surface area (Å²) in [5.41, 5.74) is 4.29. The topological polar surface area (TPSA) is 30.5 Å². The van der Waals surface area contributed by atoms with E-state index in [0.29, 0.717) is 12.0 Å². The Labute approximate surface area is 170 Å². The average molecular weight is 382 g/mol. The van der Waals surface area contributed by atoms with Crippen molar-refractivity contribution in [2.24, 2.45) is 5.92 Å². The molecule has 0 amide bonds. The number of hydrogen-bond donors (Lipinski definition) is 1. The highest BCUT2D eigenvalue weighted by atomic mass is 16.5. The zero-order chi connectivity index (χ0) is 20.0. The van der Waals surface area contributed by atoms with Crippen LogP contribution in [0.5, 0.6) is 5.75 Å². The van der Waals surface area contributed by atoms with Gasteiger partial charge in [-0.15, -0.1) is 0 Å². The summed E-state index contributed by atoms with van der Waals surface area (Å²) in [6.07, 6.45) is 3.69. The van der Waals surface area contributed by atoms with E-state index < -0.39 is 0 Å². The molecule has 0 saturated carbocycles. The molecule has 0 unspecified atom stereocenters. The van der Waals surface area contributed by atoms with Crippen LogP contribution < -0.4 is 10.1 Å². The third kappa shape index (κ3) is 5.15. The standard InChI is InChI=1S/C25H35NO2/c1-19(2)24-17-25(14-16-28-24,22-9-5-20(3)6-10-22)13-15-26-18-21-7-11-23(27-4)12-8-21/h5-12,19,24,26H,13-18H2,1-4H3/t24-,25+/m1/s1. The normalized spacial score (nSPS) is 22.4. The van der Waals surface area contributed by atoms with Crippen molar-refractivity contribution in [1.82, 2.24) is 5.32 Å². The molecule has 1 heterocycles. The van der Waals surface area contributed by atoms with E-state index in [1.54, 1.807) is 7.11 Å². The van der Waals surface area contributed by atoms with Crippen molar-refractivity contribution in [1.29, 1.82) is 0 Å². The average Bonchev–Trinajstić information content (AvgIpc) is 2.72. The van der Waals surface area contributed by atoms with E-state index in [4.69, 9.17) is 9.47 Å². The number of methoxy groups -OCH3 is 1. The minimum atomic E-state index is 0.202. The molecule has 0 spiro atoms. The lowest BCUT2D eigenvalue weighted by molar-refractivity contribution is -0.0469. The predicted molar refractivity (Wildman–Crippen MR) is 116 cm³/mol. The Hall–Kier alpha value is -1.84. The number of ether oxygens (including phenoxy) is 2. The lowest BCUT2D eigenvalue weighted by Gasteiger charge is -2.43. The van der Waals surface area contributed by atoms with Crippen molar-refractivity contribution in [2.75, 3.05) is 20.3 Å². The van der Waals surface area contributed by atoms with E-state index in [9.17, 15) is 0 Å². The fraction of sp³-hybridized carbons (Fsp3) is 0.520. The first kappa shape index (κ1) is 20.9. The fourth-order valence-electron chi connectivity index (χ4n) is 4.22. The molecular weight excluding hydrogens is 346 g/mol. The van der Waals surface area contributed by atoms with Crippen molar-refractivity contribution in [2.45, 2.75) is 58.1 Å². The predicted octanol–water partition coefficient (Wildman–Crippen LogP) is 5.26. The van der Waals surface area contributed by atoms with Crippen LogP contribution in [-0.2, 0) is 16.7 Å². The van der Waals surface area contributed by atoms with Crippen LogP contribution in [0.15, 0.2) is 48.5 Å². The van der Waals surface area contributed by atoms with Crippen LogP contribution in [0.3, 0.4) is 0 Å². The molecule has 1 N–H and O–H groups in total. The van der Waals surface area contributed by atoms with E-state index >= 15 is 0 Å². The van der Waals surface area contributed by atoms with Crippen molar-refractivity contribution in [3.8, 4) is 5.75 Å². The maximum atomic E-state index is 6.11. The molecule has 3 rings (SSSR count). The molecule has 28 heavy (non-hydrogen) atoms. The Balaban J connectivity index is 1.66. The molecular formula is C25H35NO2. The summed E-state index contributed by atoms with van der Waals surface area (Å²) in [6.45, 7) is 9.46. The summed E-state index contributed by atoms with van der Waals surface area (Å²) in [4.78, 5) is 0. The molecule has 0 aromatic heterocycles. The number of hydrogen-bond acceptors (Lipinski definition) is 3. The summed E-state index contributed by atoms with van der Waals surface area (Å²) >= 11 is 0. The van der Waals surface area contributed by atoms with Gasteiger partial charge in [-0.05, 0) is 61.9 Å². The minimum Gasteiger partial charge on any atom is -0.497 e. The molecule has 1 aliphatic heterocycles. The zero-order valence-electron chi connectivity index (χ0n) is 17.8. The number of aryl methyl sites for hydroxylation is 1. The van der Waals surface area contributed by atoms with Crippen LogP contribution in [0.2, 0.25) is 0 Å². The van der Waals surface area contributed by atoms with Crippen molar-refractivity contribution in [3.63, 3.8) is 0 Å². The highest BCUT2D eigenvalue weighted by Crippen LogP contribution is 2.41. The molecule has 2 aromatic rings. The van der Waals surface area contributed by atoms with Gasteiger partial charge in [0, 0.05) is 18.6 Å². The second-order valence-corrected chi connectivity index (χ2v) is 8.53. The van der Waals surface area contributed by atoms with Crippen molar-refractivity contribution < 1.29 is 9.47 Å². The zero-order valence-corrected chi connectivity index (χ0v) is 17.8. The largest absolute Gasteiger partial charge is 0.497 e. The van der Waals surface area contributed by atoms with Gasteiger partial charge in [0.2, 0.25) is 0 Å². The van der Waals surface area contributed by atoms with Gasteiger partial charge < -0.3 is 14.8 Å². The SMILES string of the molecule is COc1ccc(CNCC[C@]2(c3ccc(C)cc3)CCO[C@@H](C(C)C)C2)cc1. The summed E-state index contributed by atoms with van der Waals surface area (Å²) in [5.74, 6) is 1.46. The van der Waals surface area contributed by atoms with Gasteiger partial charge in [-0.3, -0.25) is 0 Å². The Morgan fingerprint density at radius 2 is 1.82 bits per heavy atom. The Kier molecular flexibility index (Phi) is 7.14. The minimum absolute atomic E-state index is 0.202. The Morgan fingerprint density at radius 1 is 1.11 bits per heavy atom. The van der Waals surface area contributed by atoms with Crippen LogP contribution in [0, 0.1) is 12.8 Å². The maximum absolute atomic E-state index is 6.11. The van der Waals surface area contributed by atoms with Gasteiger partial charge in [0.15, 0.2) is 0 Å². The quantitative estimate of drug-likeness (QED) is 0.633. The first-order chi connectivity index (χ1) is 13.5. The van der Waals surface area contributed by atoms with Gasteiger partial charge in [-0.1, -0.05) is 55.8 Å². The molecule has 0 aliphatic carbocycles. The molecule has 152 valence electrons. The second kappa shape index (κ2) is 9.58. The van der Waals surface area contributed by atoms with Crippen LogP contribution in [0.4, 0.5) is 0 Å². The summed E-state index contributed by atoms with van der Waals surface area (Å²) in [7, 11) is 1.70. The van der Waals surface area contributed by atoms with E-state index in [0.717, 1.165) is 44.7 Å².